The summed E-state index contributed by atoms with van der Waals surface area (Å²) in [4.78, 5) is 26.2. The standard InChI is InChI=1S/C23H18N2O4/c1-29-21-13-7-5-11-19(21)25-14-17(15-8-2-3-9-16(15)23(25)28)22(27)24-18-10-4-6-12-20(18)26/h2-14,26H,1H3,(H,24,27). The van der Waals surface area contributed by atoms with Crippen LogP contribution in [-0.4, -0.2) is 22.7 Å². The number of rotatable bonds is 4. The highest BCUT2D eigenvalue weighted by molar-refractivity contribution is 6.13. The minimum atomic E-state index is -0.439. The molecule has 0 radical (unpaired) electrons. The number of para-hydroxylation sites is 4. The van der Waals surface area contributed by atoms with Gasteiger partial charge in [-0.2, -0.15) is 0 Å². The molecule has 0 aliphatic heterocycles. The molecule has 0 unspecified atom stereocenters. The van der Waals surface area contributed by atoms with E-state index in [4.69, 9.17) is 4.74 Å². The Morgan fingerprint density at radius 3 is 2.34 bits per heavy atom. The van der Waals surface area contributed by atoms with Crippen molar-refractivity contribution >= 4 is 22.4 Å². The zero-order valence-corrected chi connectivity index (χ0v) is 15.6. The molecule has 144 valence electrons. The Morgan fingerprint density at radius 1 is 0.931 bits per heavy atom. The van der Waals surface area contributed by atoms with Crippen LogP contribution in [0.1, 0.15) is 10.4 Å². The maximum Gasteiger partial charge on any atom is 0.263 e. The van der Waals surface area contributed by atoms with E-state index < -0.39 is 5.91 Å². The molecule has 1 aromatic heterocycles. The summed E-state index contributed by atoms with van der Waals surface area (Å²) in [6, 6.07) is 20.5. The van der Waals surface area contributed by atoms with Gasteiger partial charge in [0.1, 0.15) is 11.5 Å². The van der Waals surface area contributed by atoms with Crippen molar-refractivity contribution < 1.29 is 14.6 Å². The van der Waals surface area contributed by atoms with Gasteiger partial charge in [-0.3, -0.25) is 14.2 Å². The number of ether oxygens (including phenoxy) is 1. The van der Waals surface area contributed by atoms with E-state index in [-0.39, 0.29) is 17.0 Å². The van der Waals surface area contributed by atoms with Crippen LogP contribution >= 0.6 is 0 Å². The highest BCUT2D eigenvalue weighted by Gasteiger charge is 2.18. The number of nitrogens with zero attached hydrogens (tertiary/aromatic N) is 1. The van der Waals surface area contributed by atoms with Gasteiger partial charge in [0.05, 0.1) is 24.0 Å². The van der Waals surface area contributed by atoms with Crippen molar-refractivity contribution in [3.63, 3.8) is 0 Å². The fourth-order valence-corrected chi connectivity index (χ4v) is 3.25. The van der Waals surface area contributed by atoms with Gasteiger partial charge in [-0.25, -0.2) is 0 Å². The Morgan fingerprint density at radius 2 is 1.59 bits per heavy atom. The smallest absolute Gasteiger partial charge is 0.263 e. The van der Waals surface area contributed by atoms with Crippen molar-refractivity contribution in [2.75, 3.05) is 12.4 Å². The molecule has 0 saturated carbocycles. The zero-order valence-electron chi connectivity index (χ0n) is 15.6. The van der Waals surface area contributed by atoms with Crippen LogP contribution in [0.4, 0.5) is 5.69 Å². The number of pyridine rings is 1. The summed E-state index contributed by atoms with van der Waals surface area (Å²) >= 11 is 0. The molecule has 4 rings (SSSR count). The average Bonchev–Trinajstić information content (AvgIpc) is 2.76. The molecule has 0 fully saturated rings. The number of phenols is 1. The van der Waals surface area contributed by atoms with Crippen molar-refractivity contribution in [1.82, 2.24) is 4.57 Å². The molecule has 1 amide bonds. The quantitative estimate of drug-likeness (QED) is 0.520. The first-order chi connectivity index (χ1) is 14.1. The van der Waals surface area contributed by atoms with Crippen molar-refractivity contribution in [2.45, 2.75) is 0 Å². The third-order valence-electron chi connectivity index (χ3n) is 4.67. The first-order valence-electron chi connectivity index (χ1n) is 8.97. The van der Waals surface area contributed by atoms with Gasteiger partial charge in [-0.05, 0) is 30.3 Å². The topological polar surface area (TPSA) is 80.6 Å². The van der Waals surface area contributed by atoms with Crippen molar-refractivity contribution in [1.29, 1.82) is 0 Å². The summed E-state index contributed by atoms with van der Waals surface area (Å²) in [5, 5.41) is 13.6. The number of benzene rings is 3. The Bertz CT molecular complexity index is 1280. The lowest BCUT2D eigenvalue weighted by atomic mass is 10.1. The lowest BCUT2D eigenvalue weighted by molar-refractivity contribution is 0.102. The van der Waals surface area contributed by atoms with Gasteiger partial charge in [-0.1, -0.05) is 42.5 Å². The van der Waals surface area contributed by atoms with Crippen molar-refractivity contribution in [3.8, 4) is 17.2 Å². The van der Waals surface area contributed by atoms with Crippen LogP contribution in [0.2, 0.25) is 0 Å². The summed E-state index contributed by atoms with van der Waals surface area (Å²) in [5.74, 6) is 0.0338. The second-order valence-corrected chi connectivity index (χ2v) is 6.41. The SMILES string of the molecule is COc1ccccc1-n1cc(C(=O)Nc2ccccc2O)c2ccccc2c1=O. The number of hydrogen-bond donors (Lipinski definition) is 2. The fraction of sp³-hybridized carbons (Fsp3) is 0.0435. The Balaban J connectivity index is 1.92. The first kappa shape index (κ1) is 18.3. The molecule has 4 aromatic rings. The van der Waals surface area contributed by atoms with Crippen LogP contribution in [0, 0.1) is 0 Å². The predicted octanol–water partition coefficient (Wildman–Crippen LogP) is 3.96. The van der Waals surface area contributed by atoms with Crippen LogP contribution in [0.5, 0.6) is 11.5 Å². The molecule has 6 nitrogen and oxygen atoms in total. The molecule has 3 aromatic carbocycles. The molecule has 0 atom stereocenters. The van der Waals surface area contributed by atoms with E-state index in [9.17, 15) is 14.7 Å². The summed E-state index contributed by atoms with van der Waals surface area (Å²) in [7, 11) is 1.52. The molecule has 29 heavy (non-hydrogen) atoms. The first-order valence-corrected chi connectivity index (χ1v) is 8.97. The molecule has 0 aliphatic rings. The van der Waals surface area contributed by atoms with E-state index in [1.165, 1.54) is 23.9 Å². The van der Waals surface area contributed by atoms with Crippen molar-refractivity contribution in [3.05, 3.63) is 94.9 Å². The summed E-state index contributed by atoms with van der Waals surface area (Å²) in [6.07, 6.45) is 1.50. The molecule has 1 heterocycles. The van der Waals surface area contributed by atoms with Gasteiger partial charge in [0, 0.05) is 17.0 Å². The number of methoxy groups -OCH3 is 1. The number of phenolic OH excluding ortho intramolecular Hbond substituents is 1. The molecule has 2 N–H and O–H groups in total. The summed E-state index contributed by atoms with van der Waals surface area (Å²) in [6.45, 7) is 0. The highest BCUT2D eigenvalue weighted by atomic mass is 16.5. The van der Waals surface area contributed by atoms with Crippen LogP contribution in [0.25, 0.3) is 16.5 Å². The number of amides is 1. The highest BCUT2D eigenvalue weighted by Crippen LogP contribution is 2.26. The number of aromatic nitrogens is 1. The number of carbonyl (C=O) groups excluding carboxylic acids is 1. The monoisotopic (exact) mass is 386 g/mol. The van der Waals surface area contributed by atoms with Gasteiger partial charge in [0.15, 0.2) is 0 Å². The maximum absolute atomic E-state index is 13.1. The van der Waals surface area contributed by atoms with Gasteiger partial charge in [0.25, 0.3) is 11.5 Å². The summed E-state index contributed by atoms with van der Waals surface area (Å²) in [5.41, 5.74) is 0.859. The molecular weight excluding hydrogens is 368 g/mol. The predicted molar refractivity (Wildman–Crippen MR) is 112 cm³/mol. The Kier molecular flexibility index (Phi) is 4.75. The van der Waals surface area contributed by atoms with Gasteiger partial charge >= 0.3 is 0 Å². The molecular formula is C23H18N2O4. The fourth-order valence-electron chi connectivity index (χ4n) is 3.25. The van der Waals surface area contributed by atoms with E-state index in [0.717, 1.165) is 0 Å². The molecule has 0 aliphatic carbocycles. The van der Waals surface area contributed by atoms with E-state index >= 15 is 0 Å². The van der Waals surface area contributed by atoms with E-state index in [1.54, 1.807) is 66.7 Å². The Hall–Kier alpha value is -4.06. The molecule has 0 saturated heterocycles. The third-order valence-corrected chi connectivity index (χ3v) is 4.67. The van der Waals surface area contributed by atoms with Crippen molar-refractivity contribution in [2.24, 2.45) is 0 Å². The number of aromatic hydroxyl groups is 1. The Labute approximate surface area is 166 Å². The molecule has 6 heteroatoms. The average molecular weight is 386 g/mol. The maximum atomic E-state index is 13.1. The second kappa shape index (κ2) is 7.52. The number of anilines is 1. The number of fused-ring (bicyclic) bond motifs is 1. The number of carbonyl (C=O) groups is 1. The zero-order chi connectivity index (χ0) is 20.4. The van der Waals surface area contributed by atoms with E-state index in [2.05, 4.69) is 5.32 Å². The normalized spacial score (nSPS) is 10.7. The number of nitrogens with one attached hydrogen (secondary N) is 1. The number of hydrogen-bond acceptors (Lipinski definition) is 4. The minimum Gasteiger partial charge on any atom is -0.506 e. The van der Waals surface area contributed by atoms with E-state index in [1.807, 2.05) is 0 Å². The summed E-state index contributed by atoms with van der Waals surface area (Å²) < 4.78 is 6.79. The van der Waals surface area contributed by atoms with Gasteiger partial charge in [-0.15, -0.1) is 0 Å². The van der Waals surface area contributed by atoms with Crippen LogP contribution in [-0.2, 0) is 0 Å². The van der Waals surface area contributed by atoms with Crippen LogP contribution < -0.4 is 15.6 Å². The van der Waals surface area contributed by atoms with Gasteiger partial charge in [0.2, 0.25) is 0 Å². The second-order valence-electron chi connectivity index (χ2n) is 6.41. The molecule has 0 bridgehead atoms. The van der Waals surface area contributed by atoms with Crippen LogP contribution in [0.3, 0.4) is 0 Å². The largest absolute Gasteiger partial charge is 0.506 e. The lowest BCUT2D eigenvalue weighted by Gasteiger charge is -2.15. The lowest BCUT2D eigenvalue weighted by Crippen LogP contribution is -2.23. The minimum absolute atomic E-state index is 0.0387. The van der Waals surface area contributed by atoms with Crippen LogP contribution in [0.15, 0.2) is 83.8 Å². The van der Waals surface area contributed by atoms with E-state index in [0.29, 0.717) is 27.8 Å². The third kappa shape index (κ3) is 3.32. The van der Waals surface area contributed by atoms with Gasteiger partial charge < -0.3 is 15.2 Å². The molecule has 0 spiro atoms.